The summed E-state index contributed by atoms with van der Waals surface area (Å²) in [6, 6.07) is 6.31. The van der Waals surface area contributed by atoms with Crippen molar-refractivity contribution in [1.29, 1.82) is 0 Å². The van der Waals surface area contributed by atoms with E-state index in [4.69, 9.17) is 9.15 Å². The average Bonchev–Trinajstić information content (AvgIpc) is 2.51. The third-order valence-corrected chi connectivity index (χ3v) is 3.40. The van der Waals surface area contributed by atoms with Crippen molar-refractivity contribution in [2.75, 3.05) is 7.11 Å². The van der Waals surface area contributed by atoms with Gasteiger partial charge in [-0.3, -0.25) is 4.79 Å². The number of fused-ring (bicyclic) bond motifs is 1. The maximum Gasteiger partial charge on any atom is 0.202 e. The van der Waals surface area contributed by atoms with Gasteiger partial charge in [-0.05, 0) is 18.2 Å². The van der Waals surface area contributed by atoms with E-state index in [1.807, 2.05) is 0 Å². The number of benzene rings is 2. The molecule has 0 bridgehead atoms. The monoisotopic (exact) mass is 316 g/mol. The molecule has 0 aliphatic rings. The first-order valence-electron chi connectivity index (χ1n) is 6.51. The Morgan fingerprint density at radius 2 is 1.70 bits per heavy atom. The molecule has 0 saturated heterocycles. The normalized spacial score (nSPS) is 10.8. The summed E-state index contributed by atoms with van der Waals surface area (Å²) in [5, 5.41) is 38.7. The SMILES string of the molecule is COc1ccc(-c2cc(=O)c3c(O)cc(O)c(O)c3o2)cc1O. The molecule has 0 aliphatic carbocycles. The smallest absolute Gasteiger partial charge is 0.202 e. The maximum atomic E-state index is 12.2. The lowest BCUT2D eigenvalue weighted by Gasteiger charge is -2.08. The lowest BCUT2D eigenvalue weighted by molar-refractivity contribution is 0.373. The van der Waals surface area contributed by atoms with Crippen LogP contribution >= 0.6 is 0 Å². The van der Waals surface area contributed by atoms with Gasteiger partial charge in [0.1, 0.15) is 16.9 Å². The number of phenolic OH excluding ortho intramolecular Hbond substituents is 4. The van der Waals surface area contributed by atoms with E-state index in [2.05, 4.69) is 0 Å². The molecule has 1 aromatic heterocycles. The third-order valence-electron chi connectivity index (χ3n) is 3.40. The molecule has 2 aromatic carbocycles. The van der Waals surface area contributed by atoms with Gasteiger partial charge in [-0.15, -0.1) is 0 Å². The molecule has 23 heavy (non-hydrogen) atoms. The molecule has 1 heterocycles. The van der Waals surface area contributed by atoms with E-state index in [0.717, 1.165) is 12.1 Å². The van der Waals surface area contributed by atoms with Gasteiger partial charge < -0.3 is 29.6 Å². The highest BCUT2D eigenvalue weighted by molar-refractivity contribution is 5.91. The van der Waals surface area contributed by atoms with Gasteiger partial charge >= 0.3 is 0 Å². The van der Waals surface area contributed by atoms with Crippen LogP contribution in [0.5, 0.6) is 28.7 Å². The standard InChI is InChI=1S/C16H12O7/c1-22-12-3-2-7(4-8(12)17)13-6-10(19)14-9(18)5-11(20)15(21)16(14)23-13/h2-6,17-18,20-21H,1H3. The van der Waals surface area contributed by atoms with Crippen molar-refractivity contribution < 1.29 is 29.6 Å². The average molecular weight is 316 g/mol. The van der Waals surface area contributed by atoms with Gasteiger partial charge in [-0.1, -0.05) is 0 Å². The number of methoxy groups -OCH3 is 1. The molecule has 0 radical (unpaired) electrons. The van der Waals surface area contributed by atoms with Gasteiger partial charge in [0.25, 0.3) is 0 Å². The Morgan fingerprint density at radius 3 is 2.35 bits per heavy atom. The summed E-state index contributed by atoms with van der Waals surface area (Å²) < 4.78 is 10.4. The molecule has 7 heteroatoms. The maximum absolute atomic E-state index is 12.2. The number of ether oxygens (including phenoxy) is 1. The van der Waals surface area contributed by atoms with Crippen molar-refractivity contribution in [3.63, 3.8) is 0 Å². The largest absolute Gasteiger partial charge is 0.507 e. The Hall–Kier alpha value is -3.35. The molecular formula is C16H12O7. The molecular weight excluding hydrogens is 304 g/mol. The molecule has 0 atom stereocenters. The van der Waals surface area contributed by atoms with Crippen molar-refractivity contribution in [2.45, 2.75) is 0 Å². The van der Waals surface area contributed by atoms with Crippen LogP contribution in [-0.4, -0.2) is 27.5 Å². The van der Waals surface area contributed by atoms with Gasteiger partial charge in [0, 0.05) is 17.7 Å². The zero-order valence-corrected chi connectivity index (χ0v) is 11.9. The van der Waals surface area contributed by atoms with Crippen LogP contribution in [-0.2, 0) is 0 Å². The number of hydrogen-bond acceptors (Lipinski definition) is 7. The van der Waals surface area contributed by atoms with Crippen molar-refractivity contribution in [3.8, 4) is 40.1 Å². The zero-order valence-electron chi connectivity index (χ0n) is 11.9. The Balaban J connectivity index is 2.30. The van der Waals surface area contributed by atoms with Gasteiger partial charge in [-0.25, -0.2) is 0 Å². The highest BCUT2D eigenvalue weighted by Crippen LogP contribution is 2.40. The van der Waals surface area contributed by atoms with Crippen LogP contribution < -0.4 is 10.2 Å². The summed E-state index contributed by atoms with van der Waals surface area (Å²) in [5.74, 6) is -1.65. The van der Waals surface area contributed by atoms with E-state index >= 15 is 0 Å². The minimum atomic E-state index is -0.658. The minimum absolute atomic E-state index is 0.0424. The van der Waals surface area contributed by atoms with E-state index < -0.39 is 22.7 Å². The summed E-state index contributed by atoms with van der Waals surface area (Å²) in [7, 11) is 1.40. The molecule has 118 valence electrons. The quantitative estimate of drug-likeness (QED) is 0.423. The van der Waals surface area contributed by atoms with Crippen LogP contribution in [0.25, 0.3) is 22.3 Å². The molecule has 7 nitrogen and oxygen atoms in total. The Morgan fingerprint density at radius 1 is 0.957 bits per heavy atom. The van der Waals surface area contributed by atoms with Crippen molar-refractivity contribution in [2.24, 2.45) is 0 Å². The number of aromatic hydroxyl groups is 4. The third kappa shape index (κ3) is 2.28. The molecule has 0 spiro atoms. The first kappa shape index (κ1) is 14.6. The second-order valence-corrected chi connectivity index (χ2v) is 4.83. The van der Waals surface area contributed by atoms with Gasteiger partial charge in [0.2, 0.25) is 5.75 Å². The van der Waals surface area contributed by atoms with Gasteiger partial charge in [0.15, 0.2) is 28.3 Å². The predicted molar refractivity (Wildman–Crippen MR) is 81.1 cm³/mol. The molecule has 3 rings (SSSR count). The Kier molecular flexibility index (Phi) is 3.25. The van der Waals surface area contributed by atoms with E-state index in [0.29, 0.717) is 5.56 Å². The van der Waals surface area contributed by atoms with Crippen LogP contribution in [0.3, 0.4) is 0 Å². The highest BCUT2D eigenvalue weighted by Gasteiger charge is 2.18. The Bertz CT molecular complexity index is 972. The summed E-state index contributed by atoms with van der Waals surface area (Å²) in [4.78, 5) is 12.2. The van der Waals surface area contributed by atoms with Crippen LogP contribution in [0.2, 0.25) is 0 Å². The lowest BCUT2D eigenvalue weighted by Crippen LogP contribution is -2.01. The van der Waals surface area contributed by atoms with Crippen LogP contribution in [0, 0.1) is 0 Å². The van der Waals surface area contributed by atoms with E-state index in [1.54, 1.807) is 6.07 Å². The second-order valence-electron chi connectivity index (χ2n) is 4.83. The van der Waals surface area contributed by atoms with Crippen LogP contribution in [0.4, 0.5) is 0 Å². The van der Waals surface area contributed by atoms with E-state index in [9.17, 15) is 25.2 Å². The summed E-state index contributed by atoms with van der Waals surface area (Å²) in [5.41, 5.74) is -0.603. The second kappa shape index (κ2) is 5.13. The lowest BCUT2D eigenvalue weighted by atomic mass is 10.1. The van der Waals surface area contributed by atoms with Crippen LogP contribution in [0.15, 0.2) is 39.5 Å². The zero-order chi connectivity index (χ0) is 16.7. The summed E-state index contributed by atoms with van der Waals surface area (Å²) in [6.45, 7) is 0. The molecule has 0 saturated carbocycles. The highest BCUT2D eigenvalue weighted by atomic mass is 16.5. The fourth-order valence-electron chi connectivity index (χ4n) is 2.27. The van der Waals surface area contributed by atoms with Gasteiger partial charge in [0.05, 0.1) is 7.11 Å². The predicted octanol–water partition coefficient (Wildman–Crippen LogP) is 2.29. The first-order chi connectivity index (χ1) is 10.9. The van der Waals surface area contributed by atoms with Gasteiger partial charge in [-0.2, -0.15) is 0 Å². The molecule has 0 aliphatic heterocycles. The van der Waals surface area contributed by atoms with Crippen LogP contribution in [0.1, 0.15) is 0 Å². The van der Waals surface area contributed by atoms with E-state index in [1.165, 1.54) is 19.2 Å². The molecule has 0 fully saturated rings. The Labute approximate surface area is 129 Å². The topological polar surface area (TPSA) is 120 Å². The molecule has 4 N–H and O–H groups in total. The van der Waals surface area contributed by atoms with Crippen molar-refractivity contribution in [1.82, 2.24) is 0 Å². The fourth-order valence-corrected chi connectivity index (χ4v) is 2.27. The summed E-state index contributed by atoms with van der Waals surface area (Å²) >= 11 is 0. The molecule has 0 amide bonds. The number of rotatable bonds is 2. The fraction of sp³-hybridized carbons (Fsp3) is 0.0625. The van der Waals surface area contributed by atoms with Crippen molar-refractivity contribution in [3.05, 3.63) is 40.6 Å². The number of hydrogen-bond donors (Lipinski definition) is 4. The first-order valence-corrected chi connectivity index (χ1v) is 6.51. The van der Waals surface area contributed by atoms with Crippen molar-refractivity contribution >= 4 is 11.0 Å². The molecule has 3 aromatic rings. The van der Waals surface area contributed by atoms with E-state index in [-0.39, 0.29) is 28.2 Å². The summed E-state index contributed by atoms with van der Waals surface area (Å²) in [6.07, 6.45) is 0. The number of phenols is 4. The molecule has 0 unspecified atom stereocenters. The minimum Gasteiger partial charge on any atom is -0.507 e.